The highest BCUT2D eigenvalue weighted by Gasteiger charge is 2.32. The number of nitrogens with zero attached hydrogens (tertiary/aromatic N) is 2. The first-order valence-corrected chi connectivity index (χ1v) is 5.10. The van der Waals surface area contributed by atoms with Gasteiger partial charge >= 0.3 is 0 Å². The molecule has 1 aromatic rings. The first-order chi connectivity index (χ1) is 7.07. The molecule has 1 fully saturated rings. The summed E-state index contributed by atoms with van der Waals surface area (Å²) in [5, 5.41) is 3.22. The highest BCUT2D eigenvalue weighted by Crippen LogP contribution is 2.22. The monoisotopic (exact) mass is 211 g/mol. The fraction of sp³-hybridized carbons (Fsp3) is 0.700. The van der Waals surface area contributed by atoms with Crippen molar-refractivity contribution in [1.82, 2.24) is 9.55 Å². The van der Waals surface area contributed by atoms with E-state index in [0.717, 1.165) is 5.95 Å². The molecule has 0 radical (unpaired) electrons. The number of anilines is 1. The number of nitrogens with one attached hydrogen (secondary N) is 1. The van der Waals surface area contributed by atoms with Gasteiger partial charge in [0.1, 0.15) is 6.10 Å². The van der Waals surface area contributed by atoms with Crippen LogP contribution >= 0.6 is 0 Å². The highest BCUT2D eigenvalue weighted by atomic mass is 16.7. The Hall–Kier alpha value is -1.07. The van der Waals surface area contributed by atoms with Gasteiger partial charge < -0.3 is 19.4 Å². The van der Waals surface area contributed by atoms with Gasteiger partial charge in [-0.2, -0.15) is 0 Å². The van der Waals surface area contributed by atoms with Gasteiger partial charge in [0.2, 0.25) is 5.95 Å². The van der Waals surface area contributed by atoms with Crippen LogP contribution in [0, 0.1) is 0 Å². The smallest absolute Gasteiger partial charge is 0.202 e. The molecule has 0 amide bonds. The maximum absolute atomic E-state index is 5.67. The zero-order chi connectivity index (χ0) is 10.9. The van der Waals surface area contributed by atoms with Crippen LogP contribution in [0.25, 0.3) is 0 Å². The van der Waals surface area contributed by atoms with Crippen LogP contribution in [0.15, 0.2) is 12.4 Å². The van der Waals surface area contributed by atoms with Crippen LogP contribution in [0.5, 0.6) is 0 Å². The third-order valence-electron chi connectivity index (χ3n) is 2.38. The van der Waals surface area contributed by atoms with E-state index in [-0.39, 0.29) is 6.10 Å². The molecular formula is C10H17N3O2. The van der Waals surface area contributed by atoms with E-state index < -0.39 is 5.79 Å². The second-order valence-electron chi connectivity index (χ2n) is 4.19. The standard InChI is InChI=1S/C10H17N3O2/c1-10(2)14-7-8(15-10)6-12-9-11-4-5-13(9)3/h4-5,8H,6-7H2,1-3H3,(H,11,12). The number of hydrogen-bond donors (Lipinski definition) is 1. The number of rotatable bonds is 3. The Morgan fingerprint density at radius 3 is 3.00 bits per heavy atom. The molecule has 0 aromatic carbocycles. The van der Waals surface area contributed by atoms with Gasteiger partial charge in [-0.1, -0.05) is 0 Å². The summed E-state index contributed by atoms with van der Waals surface area (Å²) in [6.07, 6.45) is 3.76. The molecule has 1 saturated heterocycles. The van der Waals surface area contributed by atoms with E-state index in [1.165, 1.54) is 0 Å². The van der Waals surface area contributed by atoms with Crippen LogP contribution in [-0.4, -0.2) is 34.6 Å². The minimum atomic E-state index is -0.450. The van der Waals surface area contributed by atoms with Gasteiger partial charge in [-0.05, 0) is 13.8 Å². The van der Waals surface area contributed by atoms with Gasteiger partial charge in [0.15, 0.2) is 5.79 Å². The average molecular weight is 211 g/mol. The van der Waals surface area contributed by atoms with E-state index in [4.69, 9.17) is 9.47 Å². The van der Waals surface area contributed by atoms with Crippen LogP contribution in [0.3, 0.4) is 0 Å². The molecule has 0 aliphatic carbocycles. The first-order valence-electron chi connectivity index (χ1n) is 5.10. The number of hydrogen-bond acceptors (Lipinski definition) is 4. The molecule has 2 heterocycles. The minimum absolute atomic E-state index is 0.0942. The van der Waals surface area contributed by atoms with Crippen LogP contribution in [0.2, 0.25) is 0 Å². The summed E-state index contributed by atoms with van der Waals surface area (Å²) >= 11 is 0. The molecule has 1 aliphatic heterocycles. The summed E-state index contributed by atoms with van der Waals surface area (Å²) in [7, 11) is 1.95. The van der Waals surface area contributed by atoms with Crippen LogP contribution in [-0.2, 0) is 16.5 Å². The predicted molar refractivity (Wildman–Crippen MR) is 56.6 cm³/mol. The molecule has 1 atom stereocenters. The van der Waals surface area contributed by atoms with Crippen molar-refractivity contribution in [1.29, 1.82) is 0 Å². The first kappa shape index (κ1) is 10.4. The van der Waals surface area contributed by atoms with Crippen molar-refractivity contribution in [2.24, 2.45) is 7.05 Å². The Bertz CT molecular complexity index is 335. The lowest BCUT2D eigenvalue weighted by atomic mass is 10.4. The summed E-state index contributed by atoms with van der Waals surface area (Å²) in [5.74, 6) is 0.400. The lowest BCUT2D eigenvalue weighted by Gasteiger charge is -2.17. The van der Waals surface area contributed by atoms with Gasteiger partial charge in [0, 0.05) is 26.0 Å². The number of aromatic nitrogens is 2. The Morgan fingerprint density at radius 1 is 1.67 bits per heavy atom. The normalized spacial score (nSPS) is 24.3. The molecule has 0 saturated carbocycles. The van der Waals surface area contributed by atoms with Crippen molar-refractivity contribution in [3.8, 4) is 0 Å². The summed E-state index contributed by atoms with van der Waals surface area (Å²) in [6.45, 7) is 5.19. The Kier molecular flexibility index (Phi) is 2.67. The van der Waals surface area contributed by atoms with Gasteiger partial charge in [0.25, 0.3) is 0 Å². The lowest BCUT2D eigenvalue weighted by Crippen LogP contribution is -2.26. The van der Waals surface area contributed by atoms with Crippen LogP contribution < -0.4 is 5.32 Å². The van der Waals surface area contributed by atoms with Crippen molar-refractivity contribution in [2.75, 3.05) is 18.5 Å². The van der Waals surface area contributed by atoms with E-state index in [9.17, 15) is 0 Å². The van der Waals surface area contributed by atoms with E-state index in [1.807, 2.05) is 31.7 Å². The van der Waals surface area contributed by atoms with E-state index in [2.05, 4.69) is 10.3 Å². The predicted octanol–water partition coefficient (Wildman–Crippen LogP) is 0.983. The summed E-state index contributed by atoms with van der Waals surface area (Å²) in [6, 6.07) is 0. The molecule has 1 N–H and O–H groups in total. The van der Waals surface area contributed by atoms with Crippen molar-refractivity contribution in [2.45, 2.75) is 25.7 Å². The lowest BCUT2D eigenvalue weighted by molar-refractivity contribution is -0.136. The largest absolute Gasteiger partial charge is 0.353 e. The third-order valence-corrected chi connectivity index (χ3v) is 2.38. The van der Waals surface area contributed by atoms with Gasteiger partial charge in [-0.3, -0.25) is 0 Å². The van der Waals surface area contributed by atoms with Gasteiger partial charge in [-0.15, -0.1) is 0 Å². The Morgan fingerprint density at radius 2 is 2.47 bits per heavy atom. The SMILES string of the molecule is Cn1ccnc1NCC1COC(C)(C)O1. The van der Waals surface area contributed by atoms with E-state index in [0.29, 0.717) is 13.2 Å². The highest BCUT2D eigenvalue weighted by molar-refractivity contribution is 5.25. The quantitative estimate of drug-likeness (QED) is 0.809. The zero-order valence-corrected chi connectivity index (χ0v) is 9.36. The van der Waals surface area contributed by atoms with Crippen LogP contribution in [0.1, 0.15) is 13.8 Å². The third kappa shape index (κ3) is 2.49. The molecule has 1 aliphatic rings. The fourth-order valence-corrected chi connectivity index (χ4v) is 1.60. The number of ether oxygens (including phenoxy) is 2. The maximum atomic E-state index is 5.67. The van der Waals surface area contributed by atoms with Crippen molar-refractivity contribution >= 4 is 5.95 Å². The molecule has 2 rings (SSSR count). The number of aryl methyl sites for hydroxylation is 1. The second kappa shape index (κ2) is 3.83. The molecule has 15 heavy (non-hydrogen) atoms. The minimum Gasteiger partial charge on any atom is -0.353 e. The number of imidazole rings is 1. The molecule has 0 spiro atoms. The maximum Gasteiger partial charge on any atom is 0.202 e. The van der Waals surface area contributed by atoms with Gasteiger partial charge in [-0.25, -0.2) is 4.98 Å². The van der Waals surface area contributed by atoms with Crippen molar-refractivity contribution in [3.05, 3.63) is 12.4 Å². The van der Waals surface area contributed by atoms with Crippen LogP contribution in [0.4, 0.5) is 5.95 Å². The Balaban J connectivity index is 1.83. The molecular weight excluding hydrogens is 194 g/mol. The summed E-state index contributed by atoms with van der Waals surface area (Å²) in [4.78, 5) is 4.17. The van der Waals surface area contributed by atoms with E-state index in [1.54, 1.807) is 6.20 Å². The van der Waals surface area contributed by atoms with Gasteiger partial charge in [0.05, 0.1) is 6.61 Å². The fourth-order valence-electron chi connectivity index (χ4n) is 1.60. The molecule has 84 valence electrons. The summed E-state index contributed by atoms with van der Waals surface area (Å²) < 4.78 is 13.1. The zero-order valence-electron chi connectivity index (χ0n) is 9.36. The van der Waals surface area contributed by atoms with Crippen molar-refractivity contribution < 1.29 is 9.47 Å². The molecule has 0 bridgehead atoms. The summed E-state index contributed by atoms with van der Waals surface area (Å²) in [5.41, 5.74) is 0. The molecule has 5 heteroatoms. The molecule has 1 aromatic heterocycles. The molecule has 5 nitrogen and oxygen atoms in total. The Labute approximate surface area is 89.4 Å². The topological polar surface area (TPSA) is 48.3 Å². The molecule has 1 unspecified atom stereocenters. The average Bonchev–Trinajstić information content (AvgIpc) is 2.69. The second-order valence-corrected chi connectivity index (χ2v) is 4.19. The van der Waals surface area contributed by atoms with E-state index >= 15 is 0 Å². The van der Waals surface area contributed by atoms with Crippen molar-refractivity contribution in [3.63, 3.8) is 0 Å².